The molecule has 7 heteroatoms. The first kappa shape index (κ1) is 14.0. The van der Waals surface area contributed by atoms with Crippen LogP contribution in [0, 0.1) is 0 Å². The predicted octanol–water partition coefficient (Wildman–Crippen LogP) is 2.97. The Bertz CT molecular complexity index is 901. The minimum absolute atomic E-state index is 0.110. The summed E-state index contributed by atoms with van der Waals surface area (Å²) in [5.41, 5.74) is -0.402. The van der Waals surface area contributed by atoms with Crippen molar-refractivity contribution in [3.63, 3.8) is 0 Å². The Morgan fingerprint density at radius 1 is 1.33 bits per heavy atom. The maximum atomic E-state index is 12.4. The summed E-state index contributed by atoms with van der Waals surface area (Å²) < 4.78 is 2.12. The molecule has 5 nitrogen and oxygen atoms in total. The van der Waals surface area contributed by atoms with Gasteiger partial charge in [-0.1, -0.05) is 18.2 Å². The van der Waals surface area contributed by atoms with Gasteiger partial charge in [-0.15, -0.1) is 11.3 Å². The highest BCUT2D eigenvalue weighted by Gasteiger charge is 2.15. The number of hydrogen-bond acceptors (Lipinski definition) is 4. The van der Waals surface area contributed by atoms with E-state index in [9.17, 15) is 14.7 Å². The number of aromatic nitrogens is 2. The summed E-state index contributed by atoms with van der Waals surface area (Å²) in [5, 5.41) is 15.9. The Labute approximate surface area is 131 Å². The van der Waals surface area contributed by atoms with Crippen molar-refractivity contribution in [2.75, 3.05) is 0 Å². The van der Waals surface area contributed by atoms with Gasteiger partial charge >= 0.3 is 5.97 Å². The van der Waals surface area contributed by atoms with E-state index in [1.54, 1.807) is 24.3 Å². The zero-order valence-electron chi connectivity index (χ0n) is 10.6. The lowest BCUT2D eigenvalue weighted by molar-refractivity contribution is 0.0690. The van der Waals surface area contributed by atoms with Gasteiger partial charge in [-0.05, 0) is 28.1 Å². The second-order valence-corrected chi connectivity index (χ2v) is 6.30. The van der Waals surface area contributed by atoms with Gasteiger partial charge in [0.15, 0.2) is 5.69 Å². The quantitative estimate of drug-likeness (QED) is 0.775. The van der Waals surface area contributed by atoms with Crippen molar-refractivity contribution in [3.8, 4) is 0 Å². The number of benzene rings is 1. The number of rotatable bonds is 3. The monoisotopic (exact) mass is 364 g/mol. The average Bonchev–Trinajstić information content (AvgIpc) is 2.87. The summed E-state index contributed by atoms with van der Waals surface area (Å²) in [7, 11) is 0. The number of nitrogens with zero attached hydrogens (tertiary/aromatic N) is 2. The van der Waals surface area contributed by atoms with Crippen molar-refractivity contribution >= 4 is 44.0 Å². The molecule has 3 aromatic rings. The van der Waals surface area contributed by atoms with E-state index in [1.165, 1.54) is 16.0 Å². The summed E-state index contributed by atoms with van der Waals surface area (Å²) >= 11 is 4.83. The van der Waals surface area contributed by atoms with E-state index >= 15 is 0 Å². The van der Waals surface area contributed by atoms with Crippen molar-refractivity contribution in [2.24, 2.45) is 0 Å². The molecular weight excluding hydrogens is 356 g/mol. The van der Waals surface area contributed by atoms with E-state index in [0.717, 1.165) is 9.35 Å². The highest BCUT2D eigenvalue weighted by molar-refractivity contribution is 9.10. The van der Waals surface area contributed by atoms with Crippen LogP contribution in [0.25, 0.3) is 10.8 Å². The molecule has 0 aliphatic rings. The first-order chi connectivity index (χ1) is 10.1. The van der Waals surface area contributed by atoms with E-state index in [4.69, 9.17) is 0 Å². The first-order valence-corrected chi connectivity index (χ1v) is 7.69. The third-order valence-corrected chi connectivity index (χ3v) is 4.68. The Hall–Kier alpha value is -1.99. The third kappa shape index (κ3) is 2.62. The van der Waals surface area contributed by atoms with Crippen LogP contribution in [-0.4, -0.2) is 20.9 Å². The minimum atomic E-state index is -1.15. The molecule has 21 heavy (non-hydrogen) atoms. The van der Waals surface area contributed by atoms with Gasteiger partial charge in [-0.25, -0.2) is 9.48 Å². The number of aromatic carboxylic acids is 1. The second kappa shape index (κ2) is 5.42. The average molecular weight is 365 g/mol. The molecule has 0 spiro atoms. The highest BCUT2D eigenvalue weighted by Crippen LogP contribution is 2.20. The molecule has 0 bridgehead atoms. The molecule has 1 N–H and O–H groups in total. The number of fused-ring (bicyclic) bond motifs is 1. The van der Waals surface area contributed by atoms with E-state index in [0.29, 0.717) is 10.8 Å². The normalized spacial score (nSPS) is 10.9. The number of carboxylic acids is 1. The third-order valence-electron chi connectivity index (χ3n) is 3.00. The molecule has 0 radical (unpaired) electrons. The van der Waals surface area contributed by atoms with E-state index in [-0.39, 0.29) is 17.8 Å². The van der Waals surface area contributed by atoms with Crippen LogP contribution in [0.1, 0.15) is 15.4 Å². The number of halogens is 1. The van der Waals surface area contributed by atoms with E-state index in [2.05, 4.69) is 21.0 Å². The molecule has 0 unspecified atom stereocenters. The summed E-state index contributed by atoms with van der Waals surface area (Å²) in [5.74, 6) is -1.15. The molecule has 0 aliphatic heterocycles. The molecule has 0 amide bonds. The fraction of sp³-hybridized carbons (Fsp3) is 0.0714. The smallest absolute Gasteiger partial charge is 0.357 e. The fourth-order valence-corrected chi connectivity index (χ4v) is 3.52. The van der Waals surface area contributed by atoms with Crippen LogP contribution in [0.4, 0.5) is 0 Å². The highest BCUT2D eigenvalue weighted by atomic mass is 79.9. The number of thiophene rings is 1. The molecule has 0 aliphatic carbocycles. The van der Waals surface area contributed by atoms with Gasteiger partial charge in [0.05, 0.1) is 11.9 Å². The molecule has 0 saturated carbocycles. The molecule has 106 valence electrons. The van der Waals surface area contributed by atoms with Crippen LogP contribution >= 0.6 is 27.3 Å². The SMILES string of the molecule is O=C(O)c1nn(Cc2cc(Br)cs2)c(=O)c2ccccc12. The standard InChI is InChI=1S/C14H9BrN2O3S/c15-8-5-9(21-7-8)6-17-13(18)11-4-2-1-3-10(11)12(16-17)14(19)20/h1-5,7H,6H2,(H,19,20). The number of carbonyl (C=O) groups is 1. The van der Waals surface area contributed by atoms with Gasteiger partial charge in [-0.3, -0.25) is 4.79 Å². The van der Waals surface area contributed by atoms with Crippen LogP contribution < -0.4 is 5.56 Å². The summed E-state index contributed by atoms with van der Waals surface area (Å²) in [4.78, 5) is 24.7. The summed E-state index contributed by atoms with van der Waals surface area (Å²) in [6.07, 6.45) is 0. The molecule has 2 heterocycles. The topological polar surface area (TPSA) is 72.2 Å². The number of hydrogen-bond donors (Lipinski definition) is 1. The van der Waals surface area contributed by atoms with Gasteiger partial charge in [-0.2, -0.15) is 5.10 Å². The fourth-order valence-electron chi connectivity index (χ4n) is 2.08. The Morgan fingerprint density at radius 2 is 2.05 bits per heavy atom. The van der Waals surface area contributed by atoms with Gasteiger partial charge in [0.1, 0.15) is 0 Å². The molecule has 1 aromatic carbocycles. The van der Waals surface area contributed by atoms with Gasteiger partial charge in [0.25, 0.3) is 5.56 Å². The van der Waals surface area contributed by atoms with Gasteiger partial charge in [0, 0.05) is 20.1 Å². The number of carboxylic acid groups (broad SMARTS) is 1. The maximum absolute atomic E-state index is 12.4. The minimum Gasteiger partial charge on any atom is -0.476 e. The molecule has 0 saturated heterocycles. The van der Waals surface area contributed by atoms with Crippen molar-refractivity contribution in [1.29, 1.82) is 0 Å². The van der Waals surface area contributed by atoms with E-state index < -0.39 is 5.97 Å². The molecular formula is C14H9BrN2O3S. The van der Waals surface area contributed by atoms with Crippen molar-refractivity contribution < 1.29 is 9.90 Å². The predicted molar refractivity (Wildman–Crippen MR) is 84.1 cm³/mol. The van der Waals surface area contributed by atoms with Gasteiger partial charge < -0.3 is 5.11 Å². The zero-order chi connectivity index (χ0) is 15.0. The van der Waals surface area contributed by atoms with Crippen LogP contribution in [0.2, 0.25) is 0 Å². The largest absolute Gasteiger partial charge is 0.476 e. The van der Waals surface area contributed by atoms with Crippen molar-refractivity contribution in [1.82, 2.24) is 9.78 Å². The summed E-state index contributed by atoms with van der Waals surface area (Å²) in [6, 6.07) is 8.50. The second-order valence-electron chi connectivity index (χ2n) is 4.39. The maximum Gasteiger partial charge on any atom is 0.357 e. The lowest BCUT2D eigenvalue weighted by Crippen LogP contribution is -2.26. The lowest BCUT2D eigenvalue weighted by atomic mass is 10.1. The van der Waals surface area contributed by atoms with Gasteiger partial charge in [0.2, 0.25) is 0 Å². The first-order valence-electron chi connectivity index (χ1n) is 6.02. The van der Waals surface area contributed by atoms with Crippen molar-refractivity contribution in [2.45, 2.75) is 6.54 Å². The summed E-state index contributed by atoms with van der Waals surface area (Å²) in [6.45, 7) is 0.250. The van der Waals surface area contributed by atoms with Crippen LogP contribution in [0.15, 0.2) is 45.0 Å². The zero-order valence-corrected chi connectivity index (χ0v) is 13.0. The Kier molecular flexibility index (Phi) is 3.60. The Morgan fingerprint density at radius 3 is 2.67 bits per heavy atom. The van der Waals surface area contributed by atoms with Crippen LogP contribution in [0.5, 0.6) is 0 Å². The molecule has 0 atom stereocenters. The lowest BCUT2D eigenvalue weighted by Gasteiger charge is -2.07. The molecule has 0 fully saturated rings. The van der Waals surface area contributed by atoms with Crippen molar-refractivity contribution in [3.05, 3.63) is 61.1 Å². The van der Waals surface area contributed by atoms with Crippen LogP contribution in [0.3, 0.4) is 0 Å². The molecule has 3 rings (SSSR count). The van der Waals surface area contributed by atoms with E-state index in [1.807, 2.05) is 11.4 Å². The molecule has 2 aromatic heterocycles. The van der Waals surface area contributed by atoms with Crippen LogP contribution in [-0.2, 0) is 6.54 Å². The Balaban J connectivity index is 2.21.